The SMILES string of the molecule is CO[C@@H]1C([C@@H](O[C@H]2OC(C(=O)N[C@H]3CCC[C@@H](C)NC3=O)=C[C@H](O)[C@@H]2O)C(N)=O)O[C@@H](N2C=CC(=O)NC2)[C@@H]1OC(=O)C1CCNCC1. The first-order valence-electron chi connectivity index (χ1n) is 16.1. The predicted octanol–water partition coefficient (Wildman–Crippen LogP) is -3.45. The Balaban J connectivity index is 1.34. The molecule has 5 rings (SSSR count). The van der Waals surface area contributed by atoms with Crippen molar-refractivity contribution in [2.45, 2.75) is 100 Å². The summed E-state index contributed by atoms with van der Waals surface area (Å²) < 4.78 is 29.3. The number of piperidine rings is 1. The molecule has 0 aromatic carbocycles. The molecule has 0 radical (unpaired) electrons. The van der Waals surface area contributed by atoms with Crippen LogP contribution in [-0.4, -0.2) is 133 Å². The highest BCUT2D eigenvalue weighted by Crippen LogP contribution is 2.34. The van der Waals surface area contributed by atoms with Gasteiger partial charge < -0.3 is 65.8 Å². The second kappa shape index (κ2) is 15.6. The van der Waals surface area contributed by atoms with Crippen LogP contribution in [0, 0.1) is 5.92 Å². The monoisotopic (exact) mass is 680 g/mol. The van der Waals surface area contributed by atoms with Crippen molar-refractivity contribution >= 4 is 29.6 Å². The molecule has 18 nitrogen and oxygen atoms in total. The van der Waals surface area contributed by atoms with Gasteiger partial charge in [0.15, 0.2) is 24.2 Å². The number of hydrogen-bond acceptors (Lipinski definition) is 14. The van der Waals surface area contributed by atoms with Gasteiger partial charge in [-0.15, -0.1) is 0 Å². The first-order chi connectivity index (χ1) is 23.0. The van der Waals surface area contributed by atoms with Crippen molar-refractivity contribution in [3.8, 4) is 0 Å². The lowest BCUT2D eigenvalue weighted by Crippen LogP contribution is -2.54. The van der Waals surface area contributed by atoms with Gasteiger partial charge in [0.25, 0.3) is 5.91 Å². The summed E-state index contributed by atoms with van der Waals surface area (Å²) in [5.74, 6) is -3.99. The molecule has 0 spiro atoms. The fourth-order valence-corrected chi connectivity index (χ4v) is 6.36. The van der Waals surface area contributed by atoms with Crippen LogP contribution in [0.25, 0.3) is 0 Å². The number of amides is 4. The van der Waals surface area contributed by atoms with Crippen molar-refractivity contribution in [3.05, 3.63) is 24.1 Å². The summed E-state index contributed by atoms with van der Waals surface area (Å²) in [6, 6.07) is -0.922. The van der Waals surface area contributed by atoms with Crippen molar-refractivity contribution in [1.29, 1.82) is 0 Å². The van der Waals surface area contributed by atoms with Gasteiger partial charge in [0, 0.05) is 25.4 Å². The van der Waals surface area contributed by atoms with Gasteiger partial charge in [-0.25, -0.2) is 0 Å². The van der Waals surface area contributed by atoms with Crippen LogP contribution in [0.5, 0.6) is 0 Å². The van der Waals surface area contributed by atoms with Crippen LogP contribution in [0.4, 0.5) is 0 Å². The zero-order valence-electron chi connectivity index (χ0n) is 26.7. The molecule has 3 saturated heterocycles. The fraction of sp³-hybridized carbons (Fsp3) is 0.700. The summed E-state index contributed by atoms with van der Waals surface area (Å²) in [4.78, 5) is 65.2. The van der Waals surface area contributed by atoms with E-state index in [1.54, 1.807) is 0 Å². The predicted molar refractivity (Wildman–Crippen MR) is 161 cm³/mol. The minimum atomic E-state index is -1.81. The van der Waals surface area contributed by atoms with Crippen LogP contribution in [0.15, 0.2) is 24.1 Å². The average Bonchev–Trinajstić information content (AvgIpc) is 3.33. The number of hydrogen-bond donors (Lipinski definition) is 7. The number of aliphatic hydroxyl groups is 2. The van der Waals surface area contributed by atoms with Crippen LogP contribution < -0.4 is 27.0 Å². The van der Waals surface area contributed by atoms with Crippen molar-refractivity contribution in [2.75, 3.05) is 26.9 Å². The van der Waals surface area contributed by atoms with E-state index in [1.165, 1.54) is 24.3 Å². The summed E-state index contributed by atoms with van der Waals surface area (Å²) >= 11 is 0. The summed E-state index contributed by atoms with van der Waals surface area (Å²) in [6.07, 6.45) is -5.16. The molecule has 8 N–H and O–H groups in total. The van der Waals surface area contributed by atoms with E-state index < -0.39 is 78.7 Å². The molecule has 5 aliphatic heterocycles. The number of esters is 1. The van der Waals surface area contributed by atoms with E-state index in [0.29, 0.717) is 38.8 Å². The van der Waals surface area contributed by atoms with E-state index in [9.17, 15) is 34.2 Å². The van der Waals surface area contributed by atoms with E-state index in [4.69, 9.17) is 29.4 Å². The third kappa shape index (κ3) is 8.07. The average molecular weight is 681 g/mol. The Kier molecular flexibility index (Phi) is 11.5. The molecule has 0 aromatic heterocycles. The molecule has 5 heterocycles. The zero-order valence-corrected chi connectivity index (χ0v) is 26.7. The molecule has 48 heavy (non-hydrogen) atoms. The van der Waals surface area contributed by atoms with Gasteiger partial charge in [0.05, 0.1) is 12.6 Å². The number of primary amides is 1. The first-order valence-corrected chi connectivity index (χ1v) is 16.1. The maximum absolute atomic E-state index is 13.3. The largest absolute Gasteiger partial charge is 0.456 e. The van der Waals surface area contributed by atoms with Gasteiger partial charge in [-0.05, 0) is 58.2 Å². The normalized spacial score (nSPS) is 35.0. The first kappa shape index (κ1) is 35.5. The highest BCUT2D eigenvalue weighted by atomic mass is 16.7. The fourth-order valence-electron chi connectivity index (χ4n) is 6.36. The van der Waals surface area contributed by atoms with Gasteiger partial charge >= 0.3 is 5.97 Å². The number of nitrogens with two attached hydrogens (primary N) is 1. The molecule has 18 heteroatoms. The molecule has 5 aliphatic rings. The van der Waals surface area contributed by atoms with Crippen molar-refractivity contribution in [1.82, 2.24) is 26.2 Å². The smallest absolute Gasteiger partial charge is 0.309 e. The number of ether oxygens (including phenoxy) is 5. The van der Waals surface area contributed by atoms with Crippen LogP contribution >= 0.6 is 0 Å². The Morgan fingerprint density at radius 3 is 2.54 bits per heavy atom. The molecule has 266 valence electrons. The molecule has 0 aliphatic carbocycles. The van der Waals surface area contributed by atoms with Crippen LogP contribution in [-0.2, 0) is 47.7 Å². The Hall–Kier alpha value is -3.81. The Morgan fingerprint density at radius 1 is 1.12 bits per heavy atom. The topological polar surface area (TPSA) is 249 Å². The Bertz CT molecular complexity index is 1290. The molecule has 0 bridgehead atoms. The number of carbonyl (C=O) groups excluding carboxylic acids is 5. The summed E-state index contributed by atoms with van der Waals surface area (Å²) in [7, 11) is 1.31. The van der Waals surface area contributed by atoms with Gasteiger partial charge in [0.2, 0.25) is 24.0 Å². The standard InChI is InChI=1S/C30H44N6O12/c1-14-4-3-5-16(26(41)34-14)35-27(42)18-12-17(37)20(39)30(45-18)48-23(25(31)40)22-21(44-2)24(47-29(43)15-6-9-32-10-7-15)28(46-22)36-11-8-19(38)33-13-36/h8,11-12,14-17,20-24,28,30,32,37,39H,3-7,9-10,13H2,1-2H3,(H2,31,40)(H,33,38)(H,34,41)(H,35,42)/t14-,16+,17+,20+,21-,22?,23-,24-,28-,30-/m1/s1. The van der Waals surface area contributed by atoms with Gasteiger partial charge in [-0.2, -0.15) is 0 Å². The van der Waals surface area contributed by atoms with Crippen molar-refractivity contribution in [2.24, 2.45) is 11.7 Å². The lowest BCUT2D eigenvalue weighted by molar-refractivity contribution is -0.241. The number of nitrogens with one attached hydrogen (secondary N) is 4. The van der Waals surface area contributed by atoms with Crippen LogP contribution in [0.1, 0.15) is 39.0 Å². The third-order valence-corrected chi connectivity index (χ3v) is 9.02. The highest BCUT2D eigenvalue weighted by Gasteiger charge is 2.55. The number of methoxy groups -OCH3 is 1. The number of carbonyl (C=O) groups is 5. The van der Waals surface area contributed by atoms with Gasteiger partial charge in [0.1, 0.15) is 30.5 Å². The minimum Gasteiger partial charge on any atom is -0.456 e. The maximum atomic E-state index is 13.3. The number of nitrogens with zero attached hydrogens (tertiary/aromatic N) is 1. The summed E-state index contributed by atoms with van der Waals surface area (Å²) in [5, 5.41) is 32.5. The summed E-state index contributed by atoms with van der Waals surface area (Å²) in [6.45, 7) is 3.10. The number of aliphatic hydroxyl groups excluding tert-OH is 2. The molecule has 1 unspecified atom stereocenters. The highest BCUT2D eigenvalue weighted by molar-refractivity contribution is 5.95. The van der Waals surface area contributed by atoms with E-state index in [-0.39, 0.29) is 30.4 Å². The zero-order chi connectivity index (χ0) is 34.5. The van der Waals surface area contributed by atoms with Crippen molar-refractivity contribution < 1.29 is 57.9 Å². The van der Waals surface area contributed by atoms with Crippen LogP contribution in [0.3, 0.4) is 0 Å². The lowest BCUT2D eigenvalue weighted by Gasteiger charge is -2.35. The van der Waals surface area contributed by atoms with Gasteiger partial charge in [-0.3, -0.25) is 24.0 Å². The van der Waals surface area contributed by atoms with E-state index in [2.05, 4.69) is 21.3 Å². The van der Waals surface area contributed by atoms with E-state index in [1.807, 2.05) is 6.92 Å². The van der Waals surface area contributed by atoms with Gasteiger partial charge in [-0.1, -0.05) is 0 Å². The third-order valence-electron chi connectivity index (χ3n) is 9.02. The second-order valence-electron chi connectivity index (χ2n) is 12.5. The summed E-state index contributed by atoms with van der Waals surface area (Å²) in [5.41, 5.74) is 5.76. The van der Waals surface area contributed by atoms with E-state index >= 15 is 0 Å². The lowest BCUT2D eigenvalue weighted by atomic mass is 9.98. The maximum Gasteiger partial charge on any atom is 0.309 e. The molecule has 4 amide bonds. The molecule has 0 aromatic rings. The van der Waals surface area contributed by atoms with Crippen molar-refractivity contribution in [3.63, 3.8) is 0 Å². The molecule has 10 atom stereocenters. The second-order valence-corrected chi connectivity index (χ2v) is 12.5. The van der Waals surface area contributed by atoms with E-state index in [0.717, 1.165) is 12.5 Å². The van der Waals surface area contributed by atoms with Crippen LogP contribution in [0.2, 0.25) is 0 Å². The number of rotatable bonds is 10. The molecule has 0 saturated carbocycles. The molecule has 3 fully saturated rings. The minimum absolute atomic E-state index is 0.0233. The Morgan fingerprint density at radius 2 is 1.88 bits per heavy atom. The Labute approximate surface area is 276 Å². The quantitative estimate of drug-likeness (QED) is 0.111. The molecular weight excluding hydrogens is 636 g/mol. The molecular formula is C30H44N6O12.